The Labute approximate surface area is 116 Å². The van der Waals surface area contributed by atoms with Crippen molar-refractivity contribution in [2.75, 3.05) is 0 Å². The molecule has 0 bridgehead atoms. The highest BCUT2D eigenvalue weighted by molar-refractivity contribution is 6.29. The molecule has 98 valence electrons. The lowest BCUT2D eigenvalue weighted by Gasteiger charge is -2.05. The normalized spacial score (nSPS) is 10.2. The Hall–Kier alpha value is -1.94. The van der Waals surface area contributed by atoms with Crippen LogP contribution in [0.4, 0.5) is 0 Å². The molecule has 1 amide bonds. The maximum atomic E-state index is 11.7. The molecule has 0 atom stereocenters. The summed E-state index contributed by atoms with van der Waals surface area (Å²) in [6.07, 6.45) is 6.29. The van der Waals surface area contributed by atoms with Crippen molar-refractivity contribution in [2.45, 2.75) is 19.4 Å². The summed E-state index contributed by atoms with van der Waals surface area (Å²) in [5, 5.41) is 3.30. The van der Waals surface area contributed by atoms with E-state index in [2.05, 4.69) is 15.3 Å². The van der Waals surface area contributed by atoms with Crippen LogP contribution in [0.2, 0.25) is 5.15 Å². The lowest BCUT2D eigenvalue weighted by molar-refractivity contribution is -0.121. The van der Waals surface area contributed by atoms with Gasteiger partial charge in [0.2, 0.25) is 5.91 Å². The van der Waals surface area contributed by atoms with Crippen molar-refractivity contribution in [1.29, 1.82) is 0 Å². The number of nitrogens with one attached hydrogen (secondary N) is 1. The van der Waals surface area contributed by atoms with Crippen LogP contribution in [0.1, 0.15) is 17.5 Å². The van der Waals surface area contributed by atoms with E-state index >= 15 is 0 Å². The summed E-state index contributed by atoms with van der Waals surface area (Å²) < 4.78 is 0. The SMILES string of the molecule is O=C(CCc1cccnc1)NCc1ccc(Cl)nc1. The summed E-state index contributed by atoms with van der Waals surface area (Å²) in [7, 11) is 0. The minimum absolute atomic E-state index is 0.0128. The molecular weight excluding hydrogens is 262 g/mol. The molecule has 0 aliphatic carbocycles. The number of carbonyl (C=O) groups excluding carboxylic acids is 1. The fourth-order valence-electron chi connectivity index (χ4n) is 1.60. The summed E-state index contributed by atoms with van der Waals surface area (Å²) in [6.45, 7) is 0.468. The average molecular weight is 276 g/mol. The van der Waals surface area contributed by atoms with Gasteiger partial charge in [-0.15, -0.1) is 0 Å². The first-order chi connectivity index (χ1) is 9.24. The van der Waals surface area contributed by atoms with Gasteiger partial charge in [-0.2, -0.15) is 0 Å². The first-order valence-corrected chi connectivity index (χ1v) is 6.38. The van der Waals surface area contributed by atoms with Gasteiger partial charge in [0.1, 0.15) is 5.15 Å². The van der Waals surface area contributed by atoms with Crippen molar-refractivity contribution in [3.8, 4) is 0 Å². The van der Waals surface area contributed by atoms with Crippen LogP contribution in [0.5, 0.6) is 0 Å². The number of aromatic nitrogens is 2. The van der Waals surface area contributed by atoms with Gasteiger partial charge in [-0.1, -0.05) is 23.7 Å². The number of carbonyl (C=O) groups is 1. The number of halogens is 1. The molecule has 0 spiro atoms. The third-order valence-electron chi connectivity index (χ3n) is 2.64. The van der Waals surface area contributed by atoms with Gasteiger partial charge in [-0.3, -0.25) is 9.78 Å². The van der Waals surface area contributed by atoms with E-state index in [0.717, 1.165) is 11.1 Å². The van der Waals surface area contributed by atoms with Crippen molar-refractivity contribution in [1.82, 2.24) is 15.3 Å². The topological polar surface area (TPSA) is 54.9 Å². The largest absolute Gasteiger partial charge is 0.352 e. The van der Waals surface area contributed by atoms with Crippen LogP contribution < -0.4 is 5.32 Å². The molecule has 0 unspecified atom stereocenters. The Morgan fingerprint density at radius 2 is 2.11 bits per heavy atom. The van der Waals surface area contributed by atoms with Crippen LogP contribution in [0.3, 0.4) is 0 Å². The number of amides is 1. The van der Waals surface area contributed by atoms with Crippen LogP contribution in [0, 0.1) is 0 Å². The zero-order chi connectivity index (χ0) is 13.5. The summed E-state index contributed by atoms with van der Waals surface area (Å²) in [6, 6.07) is 7.38. The molecule has 0 aliphatic heterocycles. The summed E-state index contributed by atoms with van der Waals surface area (Å²) >= 11 is 5.69. The molecule has 0 saturated carbocycles. The molecule has 19 heavy (non-hydrogen) atoms. The fourth-order valence-corrected chi connectivity index (χ4v) is 1.72. The van der Waals surface area contributed by atoms with Crippen molar-refractivity contribution >= 4 is 17.5 Å². The van der Waals surface area contributed by atoms with Gasteiger partial charge in [-0.25, -0.2) is 4.98 Å². The van der Waals surface area contributed by atoms with E-state index in [-0.39, 0.29) is 5.91 Å². The van der Waals surface area contributed by atoms with Crippen LogP contribution in [0.25, 0.3) is 0 Å². The third kappa shape index (κ3) is 4.67. The van der Waals surface area contributed by atoms with Gasteiger partial charge in [0.15, 0.2) is 0 Å². The van der Waals surface area contributed by atoms with Crippen LogP contribution >= 0.6 is 11.6 Å². The first-order valence-electron chi connectivity index (χ1n) is 6.00. The average Bonchev–Trinajstić information content (AvgIpc) is 2.45. The second-order valence-corrected chi connectivity index (χ2v) is 4.51. The van der Waals surface area contributed by atoms with Crippen molar-refractivity contribution in [2.24, 2.45) is 0 Å². The summed E-state index contributed by atoms with van der Waals surface area (Å²) in [5.41, 5.74) is 1.99. The van der Waals surface area contributed by atoms with Crippen LogP contribution in [0.15, 0.2) is 42.9 Å². The molecule has 0 saturated heterocycles. The Morgan fingerprint density at radius 1 is 1.21 bits per heavy atom. The molecule has 2 aromatic rings. The van der Waals surface area contributed by atoms with Gasteiger partial charge in [-0.05, 0) is 29.7 Å². The van der Waals surface area contributed by atoms with Crippen molar-refractivity contribution in [3.63, 3.8) is 0 Å². The maximum absolute atomic E-state index is 11.7. The van der Waals surface area contributed by atoms with E-state index in [1.165, 1.54) is 0 Å². The maximum Gasteiger partial charge on any atom is 0.220 e. The van der Waals surface area contributed by atoms with Gasteiger partial charge in [0.25, 0.3) is 0 Å². The van der Waals surface area contributed by atoms with Gasteiger partial charge < -0.3 is 5.32 Å². The Balaban J connectivity index is 1.74. The molecule has 0 fully saturated rings. The molecule has 1 N–H and O–H groups in total. The molecule has 4 nitrogen and oxygen atoms in total. The second kappa shape index (κ2) is 6.85. The van der Waals surface area contributed by atoms with E-state index in [0.29, 0.717) is 24.5 Å². The zero-order valence-electron chi connectivity index (χ0n) is 10.3. The van der Waals surface area contributed by atoms with E-state index in [9.17, 15) is 4.79 Å². The lowest BCUT2D eigenvalue weighted by Crippen LogP contribution is -2.23. The van der Waals surface area contributed by atoms with Crippen molar-refractivity contribution < 1.29 is 4.79 Å². The second-order valence-electron chi connectivity index (χ2n) is 4.13. The van der Waals surface area contributed by atoms with Crippen LogP contribution in [-0.2, 0) is 17.8 Å². The highest BCUT2D eigenvalue weighted by atomic mass is 35.5. The van der Waals surface area contributed by atoms with Gasteiger partial charge >= 0.3 is 0 Å². The number of hydrogen-bond acceptors (Lipinski definition) is 3. The summed E-state index contributed by atoms with van der Waals surface area (Å²) in [5.74, 6) is 0.0128. The number of hydrogen-bond donors (Lipinski definition) is 1. The van der Waals surface area contributed by atoms with E-state index in [1.54, 1.807) is 24.7 Å². The zero-order valence-corrected chi connectivity index (χ0v) is 11.1. The Morgan fingerprint density at radius 3 is 2.79 bits per heavy atom. The third-order valence-corrected chi connectivity index (χ3v) is 2.87. The number of rotatable bonds is 5. The standard InChI is InChI=1S/C14H14ClN3O/c15-13-5-3-12(9-17-13)10-18-14(19)6-4-11-2-1-7-16-8-11/h1-3,5,7-9H,4,6,10H2,(H,18,19). The molecular formula is C14H14ClN3O. The molecule has 2 rings (SSSR count). The van der Waals surface area contributed by atoms with Gasteiger partial charge in [0.05, 0.1) is 0 Å². The highest BCUT2D eigenvalue weighted by Crippen LogP contribution is 2.05. The lowest BCUT2D eigenvalue weighted by atomic mass is 10.1. The minimum Gasteiger partial charge on any atom is -0.352 e. The van der Waals surface area contributed by atoms with E-state index < -0.39 is 0 Å². The summed E-state index contributed by atoms with van der Waals surface area (Å²) in [4.78, 5) is 19.6. The molecule has 2 aromatic heterocycles. The smallest absolute Gasteiger partial charge is 0.220 e. The quantitative estimate of drug-likeness (QED) is 0.853. The van der Waals surface area contributed by atoms with Gasteiger partial charge in [0, 0.05) is 31.6 Å². The molecule has 0 aromatic carbocycles. The fraction of sp³-hybridized carbons (Fsp3) is 0.214. The Kier molecular flexibility index (Phi) is 4.86. The molecule has 5 heteroatoms. The van der Waals surface area contributed by atoms with E-state index in [1.807, 2.05) is 18.2 Å². The van der Waals surface area contributed by atoms with Crippen molar-refractivity contribution in [3.05, 3.63) is 59.1 Å². The number of pyridine rings is 2. The minimum atomic E-state index is 0.0128. The predicted molar refractivity (Wildman–Crippen MR) is 73.7 cm³/mol. The first kappa shape index (κ1) is 13.5. The Bertz CT molecular complexity index is 528. The van der Waals surface area contributed by atoms with Crippen LogP contribution in [-0.4, -0.2) is 15.9 Å². The highest BCUT2D eigenvalue weighted by Gasteiger charge is 2.02. The van der Waals surface area contributed by atoms with E-state index in [4.69, 9.17) is 11.6 Å². The monoisotopic (exact) mass is 275 g/mol. The molecule has 0 aliphatic rings. The molecule has 2 heterocycles. The number of nitrogens with zero attached hydrogens (tertiary/aromatic N) is 2. The number of aryl methyl sites for hydroxylation is 1. The predicted octanol–water partition coefficient (Wildman–Crippen LogP) is 2.38. The molecule has 0 radical (unpaired) electrons.